The van der Waals surface area contributed by atoms with Crippen LogP contribution in [0.4, 0.5) is 17.6 Å². The molecule has 1 unspecified atom stereocenters. The van der Waals surface area contributed by atoms with Crippen LogP contribution in [-0.4, -0.2) is 36.4 Å². The zero-order chi connectivity index (χ0) is 25.7. The van der Waals surface area contributed by atoms with Crippen molar-refractivity contribution >= 4 is 14.0 Å². The molecule has 182 valence electrons. The minimum atomic E-state index is -4.98. The third-order valence-corrected chi connectivity index (χ3v) is 6.05. The highest BCUT2D eigenvalue weighted by Crippen LogP contribution is 2.38. The molecule has 0 N–H and O–H groups in total. The highest BCUT2D eigenvalue weighted by Gasteiger charge is 2.40. The van der Waals surface area contributed by atoms with Gasteiger partial charge in [0.05, 0.1) is 18.4 Å². The van der Waals surface area contributed by atoms with E-state index in [1.165, 1.54) is 0 Å². The maximum atomic E-state index is 15.4. The van der Waals surface area contributed by atoms with E-state index in [4.69, 9.17) is 4.74 Å². The van der Waals surface area contributed by atoms with Crippen molar-refractivity contribution in [3.63, 3.8) is 0 Å². The van der Waals surface area contributed by atoms with Gasteiger partial charge in [-0.15, -0.1) is 5.54 Å². The van der Waals surface area contributed by atoms with E-state index in [1.807, 2.05) is 19.6 Å². The minimum Gasteiger partial charge on any atom is -0.477 e. The van der Waals surface area contributed by atoms with Crippen LogP contribution in [0.15, 0.2) is 15.7 Å². The van der Waals surface area contributed by atoms with Crippen LogP contribution in [0.2, 0.25) is 19.6 Å². The number of hydrogen-bond donors (Lipinski definition) is 0. The molecule has 3 rings (SSSR count). The van der Waals surface area contributed by atoms with Crippen LogP contribution >= 0.6 is 0 Å². The molecule has 0 aliphatic carbocycles. The molecule has 1 aromatic carbocycles. The van der Waals surface area contributed by atoms with E-state index in [9.17, 15) is 27.6 Å². The van der Waals surface area contributed by atoms with Gasteiger partial charge in [-0.3, -0.25) is 9.36 Å². The molecule has 2 heterocycles. The van der Waals surface area contributed by atoms with Crippen LogP contribution in [0.1, 0.15) is 22.4 Å². The smallest absolute Gasteiger partial charge is 0.432 e. The van der Waals surface area contributed by atoms with E-state index in [0.29, 0.717) is 4.57 Å². The zero-order valence-corrected chi connectivity index (χ0v) is 20.3. The first-order chi connectivity index (χ1) is 15.6. The lowest BCUT2D eigenvalue weighted by Crippen LogP contribution is -2.43. The van der Waals surface area contributed by atoms with Crippen LogP contribution in [-0.2, 0) is 29.2 Å². The lowest BCUT2D eigenvalue weighted by molar-refractivity contribution is -0.148. The van der Waals surface area contributed by atoms with Crippen molar-refractivity contribution in [2.45, 2.75) is 45.3 Å². The fourth-order valence-corrected chi connectivity index (χ4v) is 4.18. The molecule has 1 aliphatic rings. The second kappa shape index (κ2) is 8.46. The number of halogens is 4. The standard InChI is InChI=1S/C22H22F4N2O5Si/c1-11-18(22(24,25)26)27(2)21(31)28(19(11)29)16-13-10-15(20(30)32-3)33-17(13)12(9-14(16)23)7-8-34(4,5)6/h9,15H,10H2,1-6H3. The molecular formula is C22H22F4N2O5Si. The Morgan fingerprint density at radius 1 is 1.26 bits per heavy atom. The fourth-order valence-electron chi connectivity index (χ4n) is 3.67. The van der Waals surface area contributed by atoms with Gasteiger partial charge in [0.15, 0.2) is 6.10 Å². The van der Waals surface area contributed by atoms with Crippen molar-refractivity contribution in [3.8, 4) is 22.9 Å². The number of alkyl halides is 3. The third-order valence-electron chi connectivity index (χ3n) is 5.17. The van der Waals surface area contributed by atoms with E-state index in [2.05, 4.69) is 16.2 Å². The first-order valence-corrected chi connectivity index (χ1v) is 13.6. The molecule has 34 heavy (non-hydrogen) atoms. The highest BCUT2D eigenvalue weighted by atomic mass is 28.3. The summed E-state index contributed by atoms with van der Waals surface area (Å²) >= 11 is 0. The van der Waals surface area contributed by atoms with Gasteiger partial charge in [0.1, 0.15) is 25.3 Å². The Hall–Kier alpha value is -3.33. The monoisotopic (exact) mass is 498 g/mol. The summed E-state index contributed by atoms with van der Waals surface area (Å²) in [6.07, 6.45) is -6.46. The van der Waals surface area contributed by atoms with E-state index < -0.39 is 60.3 Å². The fraction of sp³-hybridized carbons (Fsp3) is 0.409. The van der Waals surface area contributed by atoms with Gasteiger partial charge in [-0.2, -0.15) is 13.2 Å². The Kier molecular flexibility index (Phi) is 6.30. The quantitative estimate of drug-likeness (QED) is 0.275. The molecular weight excluding hydrogens is 476 g/mol. The van der Waals surface area contributed by atoms with Crippen LogP contribution in [0, 0.1) is 24.2 Å². The Morgan fingerprint density at radius 2 is 1.88 bits per heavy atom. The van der Waals surface area contributed by atoms with Crippen molar-refractivity contribution in [2.24, 2.45) is 7.05 Å². The topological polar surface area (TPSA) is 79.5 Å². The van der Waals surface area contributed by atoms with Gasteiger partial charge in [0.25, 0.3) is 5.56 Å². The summed E-state index contributed by atoms with van der Waals surface area (Å²) in [4.78, 5) is 37.9. The SMILES string of the molecule is COC(=O)C1Cc2c(c(C#C[Si](C)(C)C)cc(F)c2-n2c(=O)c(C)c(C(F)(F)F)n(C)c2=O)O1. The minimum absolute atomic E-state index is 0.0240. The van der Waals surface area contributed by atoms with Gasteiger partial charge < -0.3 is 9.47 Å². The Balaban J connectivity index is 2.40. The van der Waals surface area contributed by atoms with Gasteiger partial charge in [-0.25, -0.2) is 18.5 Å². The maximum Gasteiger partial charge on any atom is 0.432 e. The van der Waals surface area contributed by atoms with Crippen molar-refractivity contribution in [1.29, 1.82) is 0 Å². The lowest BCUT2D eigenvalue weighted by Gasteiger charge is -2.18. The molecule has 0 fully saturated rings. The van der Waals surface area contributed by atoms with Gasteiger partial charge in [-0.1, -0.05) is 25.6 Å². The van der Waals surface area contributed by atoms with Gasteiger partial charge in [0, 0.05) is 24.6 Å². The predicted octanol–water partition coefficient (Wildman–Crippen LogP) is 2.71. The van der Waals surface area contributed by atoms with Crippen molar-refractivity contribution in [2.75, 3.05) is 7.11 Å². The zero-order valence-electron chi connectivity index (χ0n) is 19.3. The predicted molar refractivity (Wildman–Crippen MR) is 117 cm³/mol. The number of ether oxygens (including phenoxy) is 2. The number of fused-ring (bicyclic) bond motifs is 1. The summed E-state index contributed by atoms with van der Waals surface area (Å²) in [6, 6.07) is 0.944. The number of benzene rings is 1. The average molecular weight is 499 g/mol. The van der Waals surface area contributed by atoms with Gasteiger partial charge in [-0.05, 0) is 13.0 Å². The van der Waals surface area contributed by atoms with E-state index in [1.54, 1.807) is 0 Å². The molecule has 0 radical (unpaired) electrons. The molecule has 2 aromatic rings. The van der Waals surface area contributed by atoms with Crippen molar-refractivity contribution < 1.29 is 31.8 Å². The van der Waals surface area contributed by atoms with E-state index in [-0.39, 0.29) is 27.9 Å². The molecule has 1 aromatic heterocycles. The van der Waals surface area contributed by atoms with Crippen LogP contribution in [0.25, 0.3) is 5.69 Å². The molecule has 0 saturated heterocycles. The van der Waals surface area contributed by atoms with E-state index >= 15 is 4.39 Å². The first kappa shape index (κ1) is 25.3. The first-order valence-electron chi connectivity index (χ1n) is 10.1. The third kappa shape index (κ3) is 4.39. The lowest BCUT2D eigenvalue weighted by atomic mass is 10.0. The molecule has 0 amide bonds. The van der Waals surface area contributed by atoms with Crippen LogP contribution in [0.3, 0.4) is 0 Å². The Labute approximate surface area is 192 Å². The molecule has 0 spiro atoms. The number of aromatic nitrogens is 2. The Morgan fingerprint density at radius 3 is 2.41 bits per heavy atom. The number of rotatable bonds is 2. The van der Waals surface area contributed by atoms with Crippen LogP contribution in [0.5, 0.6) is 5.75 Å². The number of carbonyl (C=O) groups excluding carboxylic acids is 1. The summed E-state index contributed by atoms with van der Waals surface area (Å²) in [6.45, 7) is 6.77. The Bertz CT molecular complexity index is 1340. The van der Waals surface area contributed by atoms with E-state index in [0.717, 1.165) is 27.1 Å². The van der Waals surface area contributed by atoms with Gasteiger partial charge >= 0.3 is 17.8 Å². The van der Waals surface area contributed by atoms with Crippen molar-refractivity contribution in [3.05, 3.63) is 55.1 Å². The van der Waals surface area contributed by atoms with Gasteiger partial charge in [0.2, 0.25) is 0 Å². The maximum absolute atomic E-state index is 15.4. The molecule has 7 nitrogen and oxygen atoms in total. The summed E-state index contributed by atoms with van der Waals surface area (Å²) < 4.78 is 66.7. The van der Waals surface area contributed by atoms with Crippen LogP contribution < -0.4 is 16.0 Å². The largest absolute Gasteiger partial charge is 0.477 e. The summed E-state index contributed by atoms with van der Waals surface area (Å²) in [5, 5.41) is 0. The normalized spacial score (nSPS) is 15.3. The second-order valence-corrected chi connectivity index (χ2v) is 13.6. The number of methoxy groups -OCH3 is 1. The van der Waals surface area contributed by atoms with Crippen molar-refractivity contribution in [1.82, 2.24) is 9.13 Å². The molecule has 0 bridgehead atoms. The molecule has 12 heteroatoms. The summed E-state index contributed by atoms with van der Waals surface area (Å²) in [5.74, 6) is 0.968. The number of esters is 1. The highest BCUT2D eigenvalue weighted by molar-refractivity contribution is 6.83. The number of carbonyl (C=O) groups is 1. The average Bonchev–Trinajstić information content (AvgIpc) is 3.15. The summed E-state index contributed by atoms with van der Waals surface area (Å²) in [7, 11) is 0.0515. The molecule has 1 atom stereocenters. The summed E-state index contributed by atoms with van der Waals surface area (Å²) in [5.41, 5.74) is -2.42. The number of nitrogens with zero attached hydrogens (tertiary/aromatic N) is 2. The number of hydrogen-bond acceptors (Lipinski definition) is 5. The second-order valence-electron chi connectivity index (χ2n) is 8.85. The molecule has 1 aliphatic heterocycles. The molecule has 0 saturated carbocycles.